The molecule has 0 atom stereocenters. The predicted molar refractivity (Wildman–Crippen MR) is 64.2 cm³/mol. The first-order valence-corrected chi connectivity index (χ1v) is 4.91. The Bertz CT molecular complexity index is 587. The van der Waals surface area contributed by atoms with Crippen molar-refractivity contribution in [1.29, 1.82) is 0 Å². The highest BCUT2D eigenvalue weighted by atomic mass is 16.5. The zero-order valence-electron chi connectivity index (χ0n) is 9.25. The van der Waals surface area contributed by atoms with Crippen LogP contribution in [-0.4, -0.2) is 16.5 Å². The fourth-order valence-electron chi connectivity index (χ4n) is 1.14. The summed E-state index contributed by atoms with van der Waals surface area (Å²) in [7, 11) is 0. The van der Waals surface area contributed by atoms with Crippen LogP contribution in [0.1, 0.15) is 6.92 Å². The molecule has 0 saturated carbocycles. The molecule has 4 nitrogen and oxygen atoms in total. The second-order valence-electron chi connectivity index (χ2n) is 3.06. The SMILES string of the molecule is CC#CC(O)O.O=c1ccc2ccccc2o1. The van der Waals surface area contributed by atoms with Gasteiger partial charge in [-0.1, -0.05) is 18.2 Å². The molecular weight excluding hydrogens is 220 g/mol. The summed E-state index contributed by atoms with van der Waals surface area (Å²) in [5.41, 5.74) is 0.337. The van der Waals surface area contributed by atoms with Crippen molar-refractivity contribution in [2.24, 2.45) is 0 Å². The second-order valence-corrected chi connectivity index (χ2v) is 3.06. The lowest BCUT2D eigenvalue weighted by atomic mass is 10.2. The first kappa shape index (κ1) is 13.0. The van der Waals surface area contributed by atoms with Crippen LogP contribution in [0.4, 0.5) is 0 Å². The van der Waals surface area contributed by atoms with Crippen molar-refractivity contribution in [3.63, 3.8) is 0 Å². The van der Waals surface area contributed by atoms with E-state index in [1.807, 2.05) is 18.2 Å². The van der Waals surface area contributed by atoms with Crippen molar-refractivity contribution in [3.8, 4) is 11.8 Å². The fourth-order valence-corrected chi connectivity index (χ4v) is 1.14. The van der Waals surface area contributed by atoms with E-state index in [2.05, 4.69) is 11.8 Å². The normalized spacial score (nSPS) is 9.18. The minimum Gasteiger partial charge on any atom is -0.423 e. The van der Waals surface area contributed by atoms with Gasteiger partial charge in [-0.15, -0.1) is 5.92 Å². The van der Waals surface area contributed by atoms with E-state index in [0.29, 0.717) is 5.58 Å². The van der Waals surface area contributed by atoms with Crippen LogP contribution in [0, 0.1) is 11.8 Å². The molecule has 0 radical (unpaired) electrons. The third-order valence-corrected chi connectivity index (χ3v) is 1.80. The summed E-state index contributed by atoms with van der Waals surface area (Å²) < 4.78 is 4.91. The molecule has 2 N–H and O–H groups in total. The summed E-state index contributed by atoms with van der Waals surface area (Å²) in [6, 6.07) is 10.6. The van der Waals surface area contributed by atoms with Crippen molar-refractivity contribution >= 4 is 11.0 Å². The van der Waals surface area contributed by atoms with Crippen LogP contribution >= 0.6 is 0 Å². The standard InChI is InChI=1S/C9H6O2.C4H6O2/c10-9-6-5-7-3-1-2-4-8(7)11-9;1-2-3-4(5)6/h1-6H;4-6H,1H3. The summed E-state index contributed by atoms with van der Waals surface area (Å²) in [6.07, 6.45) is -1.46. The first-order chi connectivity index (χ1) is 8.13. The molecule has 0 bridgehead atoms. The van der Waals surface area contributed by atoms with Crippen LogP contribution in [0.5, 0.6) is 0 Å². The zero-order chi connectivity index (χ0) is 12.7. The van der Waals surface area contributed by atoms with E-state index >= 15 is 0 Å². The van der Waals surface area contributed by atoms with Gasteiger partial charge in [0.25, 0.3) is 0 Å². The lowest BCUT2D eigenvalue weighted by Gasteiger charge is -1.91. The van der Waals surface area contributed by atoms with Crippen LogP contribution in [0.2, 0.25) is 0 Å². The van der Waals surface area contributed by atoms with Gasteiger partial charge in [-0.2, -0.15) is 0 Å². The predicted octanol–water partition coefficient (Wildman–Crippen LogP) is 1.11. The highest BCUT2D eigenvalue weighted by Gasteiger charge is 1.92. The van der Waals surface area contributed by atoms with Gasteiger partial charge < -0.3 is 14.6 Å². The monoisotopic (exact) mass is 232 g/mol. The number of aliphatic hydroxyl groups excluding tert-OH is 1. The van der Waals surface area contributed by atoms with Crippen molar-refractivity contribution in [2.75, 3.05) is 0 Å². The maximum Gasteiger partial charge on any atom is 0.336 e. The molecule has 1 aromatic carbocycles. The molecule has 0 unspecified atom stereocenters. The number of fused-ring (bicyclic) bond motifs is 1. The summed E-state index contributed by atoms with van der Waals surface area (Å²) in [5.74, 6) is 4.39. The number of hydrogen-bond acceptors (Lipinski definition) is 4. The van der Waals surface area contributed by atoms with Crippen LogP contribution in [0.15, 0.2) is 45.6 Å². The van der Waals surface area contributed by atoms with E-state index in [1.54, 1.807) is 19.1 Å². The molecule has 88 valence electrons. The molecule has 0 saturated heterocycles. The van der Waals surface area contributed by atoms with E-state index in [9.17, 15) is 4.79 Å². The zero-order valence-corrected chi connectivity index (χ0v) is 9.25. The van der Waals surface area contributed by atoms with Gasteiger partial charge >= 0.3 is 5.63 Å². The number of benzene rings is 1. The number of para-hydroxylation sites is 1. The molecule has 0 fully saturated rings. The Hall–Kier alpha value is -2.09. The minimum absolute atomic E-state index is 0.302. The number of rotatable bonds is 0. The van der Waals surface area contributed by atoms with Gasteiger partial charge in [-0.3, -0.25) is 0 Å². The molecule has 0 aliphatic heterocycles. The highest BCUT2D eigenvalue weighted by Crippen LogP contribution is 2.08. The Morgan fingerprint density at radius 1 is 1.18 bits per heavy atom. The summed E-state index contributed by atoms with van der Waals surface area (Å²) >= 11 is 0. The quantitative estimate of drug-likeness (QED) is 0.405. The van der Waals surface area contributed by atoms with E-state index in [-0.39, 0.29) is 5.63 Å². The average Bonchev–Trinajstić information content (AvgIpc) is 2.29. The Balaban J connectivity index is 0.000000209. The third-order valence-electron chi connectivity index (χ3n) is 1.80. The van der Waals surface area contributed by atoms with Crippen molar-refractivity contribution in [2.45, 2.75) is 13.2 Å². The minimum atomic E-state index is -1.46. The van der Waals surface area contributed by atoms with Gasteiger partial charge in [-0.05, 0) is 25.0 Å². The molecule has 2 rings (SSSR count). The van der Waals surface area contributed by atoms with Gasteiger partial charge in [-0.25, -0.2) is 4.79 Å². The second kappa shape index (κ2) is 6.48. The lowest BCUT2D eigenvalue weighted by molar-refractivity contribution is 0.0108. The largest absolute Gasteiger partial charge is 0.423 e. The molecule has 1 heterocycles. The summed E-state index contributed by atoms with van der Waals surface area (Å²) in [6.45, 7) is 1.54. The van der Waals surface area contributed by atoms with Crippen LogP contribution < -0.4 is 5.63 Å². The Morgan fingerprint density at radius 3 is 2.47 bits per heavy atom. The van der Waals surface area contributed by atoms with Crippen LogP contribution in [-0.2, 0) is 0 Å². The Morgan fingerprint density at radius 2 is 1.88 bits per heavy atom. The molecule has 2 aromatic rings. The van der Waals surface area contributed by atoms with Crippen molar-refractivity contribution in [1.82, 2.24) is 0 Å². The van der Waals surface area contributed by atoms with E-state index in [4.69, 9.17) is 14.6 Å². The third kappa shape index (κ3) is 4.51. The molecular formula is C13H12O4. The Labute approximate surface area is 98.1 Å². The topological polar surface area (TPSA) is 70.7 Å². The van der Waals surface area contributed by atoms with E-state index in [0.717, 1.165) is 5.39 Å². The maximum atomic E-state index is 10.7. The van der Waals surface area contributed by atoms with E-state index < -0.39 is 6.29 Å². The lowest BCUT2D eigenvalue weighted by Crippen LogP contribution is -1.97. The average molecular weight is 232 g/mol. The van der Waals surface area contributed by atoms with Crippen LogP contribution in [0.3, 0.4) is 0 Å². The molecule has 17 heavy (non-hydrogen) atoms. The van der Waals surface area contributed by atoms with Crippen LogP contribution in [0.25, 0.3) is 11.0 Å². The summed E-state index contributed by atoms with van der Waals surface area (Å²) in [5, 5.41) is 16.8. The molecule has 4 heteroatoms. The number of hydrogen-bond donors (Lipinski definition) is 2. The van der Waals surface area contributed by atoms with E-state index in [1.165, 1.54) is 6.07 Å². The van der Waals surface area contributed by atoms with Gasteiger partial charge in [0.2, 0.25) is 6.29 Å². The Kier molecular flexibility index (Phi) is 4.95. The number of aliphatic hydroxyl groups is 2. The fraction of sp³-hybridized carbons (Fsp3) is 0.154. The van der Waals surface area contributed by atoms with Gasteiger partial charge in [0, 0.05) is 11.5 Å². The summed E-state index contributed by atoms with van der Waals surface area (Å²) in [4.78, 5) is 10.7. The molecule has 0 aliphatic rings. The molecule has 1 aromatic heterocycles. The molecule has 0 amide bonds. The van der Waals surface area contributed by atoms with Crippen molar-refractivity contribution < 1.29 is 14.6 Å². The van der Waals surface area contributed by atoms with Gasteiger partial charge in [0.15, 0.2) is 0 Å². The van der Waals surface area contributed by atoms with Gasteiger partial charge in [0.05, 0.1) is 0 Å². The van der Waals surface area contributed by atoms with Crippen molar-refractivity contribution in [3.05, 3.63) is 46.8 Å². The highest BCUT2D eigenvalue weighted by molar-refractivity contribution is 5.75. The smallest absolute Gasteiger partial charge is 0.336 e. The maximum absolute atomic E-state index is 10.7. The molecule has 0 aliphatic carbocycles. The first-order valence-electron chi connectivity index (χ1n) is 4.91. The van der Waals surface area contributed by atoms with Gasteiger partial charge in [0.1, 0.15) is 5.58 Å². The molecule has 0 spiro atoms.